The van der Waals surface area contributed by atoms with Crippen LogP contribution in [0.3, 0.4) is 0 Å². The largest absolute Gasteiger partial charge is 0.482 e. The first-order valence-electron chi connectivity index (χ1n) is 7.59. The molecule has 1 aromatic carbocycles. The van der Waals surface area contributed by atoms with E-state index in [-0.39, 0.29) is 17.9 Å². The van der Waals surface area contributed by atoms with Crippen LogP contribution in [0.25, 0.3) is 0 Å². The highest BCUT2D eigenvalue weighted by Crippen LogP contribution is 2.24. The van der Waals surface area contributed by atoms with Crippen molar-refractivity contribution in [2.75, 3.05) is 6.61 Å². The number of aromatic nitrogens is 1. The van der Waals surface area contributed by atoms with Gasteiger partial charge in [-0.15, -0.1) is 0 Å². The highest BCUT2D eigenvalue weighted by atomic mass is 16.7. The molecule has 1 heterocycles. The number of carbonyl (C=O) groups is 1. The Bertz CT molecular complexity index is 705. The minimum absolute atomic E-state index is 0.0680. The molecule has 0 fully saturated rings. The van der Waals surface area contributed by atoms with Crippen molar-refractivity contribution in [3.05, 3.63) is 59.9 Å². The number of rotatable bonds is 5. The van der Waals surface area contributed by atoms with Crippen LogP contribution in [-0.2, 0) is 15.0 Å². The number of H-pyrrole nitrogens is 1. The number of pyridine rings is 1. The van der Waals surface area contributed by atoms with Crippen LogP contribution in [0.5, 0.6) is 5.75 Å². The summed E-state index contributed by atoms with van der Waals surface area (Å²) in [7, 11) is 0. The van der Waals surface area contributed by atoms with Gasteiger partial charge in [0.1, 0.15) is 5.75 Å². The van der Waals surface area contributed by atoms with Crippen LogP contribution in [0, 0.1) is 0 Å². The standard InChI is InChI=1S/C18H21N3O3/c1-18(2,3)14-6-8-15(9-7-14)23-12-16(22)24-21-17(19)13-5-4-10-20-11-13/h4-11H,12H2,1-3H3,(H2,19,21)/p+1. The Kier molecular flexibility index (Phi) is 5.52. The first kappa shape index (κ1) is 17.5. The van der Waals surface area contributed by atoms with Crippen molar-refractivity contribution >= 4 is 11.8 Å². The monoisotopic (exact) mass is 328 g/mol. The quantitative estimate of drug-likeness (QED) is 0.394. The molecule has 0 atom stereocenters. The van der Waals surface area contributed by atoms with E-state index in [2.05, 4.69) is 30.9 Å². The highest BCUT2D eigenvalue weighted by Gasteiger charge is 2.13. The minimum Gasteiger partial charge on any atom is -0.482 e. The topological polar surface area (TPSA) is 88.0 Å². The van der Waals surface area contributed by atoms with Crippen LogP contribution < -0.4 is 15.5 Å². The predicted octanol–water partition coefficient (Wildman–Crippen LogP) is 2.04. The smallest absolute Gasteiger partial charge is 0.372 e. The molecular formula is C18H22N3O3+. The predicted molar refractivity (Wildman–Crippen MR) is 90.5 cm³/mol. The maximum atomic E-state index is 11.7. The average molecular weight is 328 g/mol. The fourth-order valence-electron chi connectivity index (χ4n) is 1.93. The number of nitrogens with one attached hydrogen (secondary N) is 1. The van der Waals surface area contributed by atoms with Gasteiger partial charge in [0.05, 0.1) is 5.56 Å². The third kappa shape index (κ3) is 5.08. The van der Waals surface area contributed by atoms with Crippen LogP contribution >= 0.6 is 0 Å². The Morgan fingerprint density at radius 1 is 1.21 bits per heavy atom. The van der Waals surface area contributed by atoms with Gasteiger partial charge in [0.25, 0.3) is 0 Å². The summed E-state index contributed by atoms with van der Waals surface area (Å²) < 4.78 is 5.38. The molecule has 0 saturated heterocycles. The van der Waals surface area contributed by atoms with Crippen LogP contribution in [-0.4, -0.2) is 18.4 Å². The first-order chi connectivity index (χ1) is 11.4. The van der Waals surface area contributed by atoms with Gasteiger partial charge in [-0.3, -0.25) is 0 Å². The number of ether oxygens (including phenoxy) is 1. The fourth-order valence-corrected chi connectivity index (χ4v) is 1.93. The van der Waals surface area contributed by atoms with E-state index in [0.717, 1.165) is 0 Å². The van der Waals surface area contributed by atoms with E-state index in [0.29, 0.717) is 11.3 Å². The summed E-state index contributed by atoms with van der Waals surface area (Å²) in [6.45, 7) is 6.15. The van der Waals surface area contributed by atoms with Crippen molar-refractivity contribution in [2.45, 2.75) is 26.2 Å². The van der Waals surface area contributed by atoms with E-state index in [1.807, 2.05) is 24.3 Å². The third-order valence-corrected chi connectivity index (χ3v) is 3.33. The maximum Gasteiger partial charge on any atom is 0.372 e. The van der Waals surface area contributed by atoms with E-state index in [1.54, 1.807) is 24.5 Å². The molecule has 24 heavy (non-hydrogen) atoms. The van der Waals surface area contributed by atoms with Gasteiger partial charge in [0.15, 0.2) is 24.8 Å². The SMILES string of the molecule is CC(C)(C)c1ccc(OCC(=O)ON=C(N)c2ccc[nH+]c2)cc1. The zero-order valence-electron chi connectivity index (χ0n) is 14.1. The van der Waals surface area contributed by atoms with Crippen LogP contribution in [0.2, 0.25) is 0 Å². The number of hydrogen-bond donors (Lipinski definition) is 1. The van der Waals surface area contributed by atoms with E-state index in [4.69, 9.17) is 15.3 Å². The Balaban J connectivity index is 1.85. The molecule has 6 heteroatoms. The molecule has 0 saturated carbocycles. The normalized spacial score (nSPS) is 11.9. The first-order valence-corrected chi connectivity index (χ1v) is 7.59. The van der Waals surface area contributed by atoms with Gasteiger partial charge in [-0.2, -0.15) is 0 Å². The number of benzene rings is 1. The van der Waals surface area contributed by atoms with Gasteiger partial charge in [-0.1, -0.05) is 38.1 Å². The Morgan fingerprint density at radius 2 is 1.92 bits per heavy atom. The summed E-state index contributed by atoms with van der Waals surface area (Å²) >= 11 is 0. The number of hydrogen-bond acceptors (Lipinski definition) is 4. The number of amidine groups is 1. The summed E-state index contributed by atoms with van der Waals surface area (Å²) in [5, 5.41) is 3.60. The van der Waals surface area contributed by atoms with Crippen molar-refractivity contribution in [1.29, 1.82) is 0 Å². The van der Waals surface area contributed by atoms with Crippen LogP contribution in [0.15, 0.2) is 53.9 Å². The molecule has 0 aliphatic carbocycles. The van der Waals surface area contributed by atoms with Crippen molar-refractivity contribution < 1.29 is 19.4 Å². The van der Waals surface area contributed by atoms with Gasteiger partial charge in [-0.05, 0) is 29.2 Å². The molecule has 0 radical (unpaired) electrons. The molecule has 0 aliphatic heterocycles. The summed E-state index contributed by atoms with van der Waals surface area (Å²) in [4.78, 5) is 19.3. The highest BCUT2D eigenvalue weighted by molar-refractivity contribution is 5.96. The van der Waals surface area contributed by atoms with Crippen molar-refractivity contribution in [3.8, 4) is 5.75 Å². The summed E-state index contributed by atoms with van der Waals surface area (Å²) in [6.07, 6.45) is 3.39. The number of carbonyl (C=O) groups excluding carboxylic acids is 1. The van der Waals surface area contributed by atoms with Gasteiger partial charge in [0.2, 0.25) is 0 Å². The molecule has 0 spiro atoms. The van der Waals surface area contributed by atoms with Gasteiger partial charge < -0.3 is 15.3 Å². The summed E-state index contributed by atoms with van der Waals surface area (Å²) in [6, 6.07) is 11.1. The minimum atomic E-state index is -0.627. The molecule has 2 aromatic rings. The summed E-state index contributed by atoms with van der Waals surface area (Å²) in [5.41, 5.74) is 7.61. The second-order valence-electron chi connectivity index (χ2n) is 6.30. The molecule has 6 nitrogen and oxygen atoms in total. The average Bonchev–Trinajstić information content (AvgIpc) is 2.58. The van der Waals surface area contributed by atoms with Crippen molar-refractivity contribution in [2.24, 2.45) is 10.9 Å². The zero-order valence-corrected chi connectivity index (χ0v) is 14.1. The molecular weight excluding hydrogens is 306 g/mol. The number of nitrogens with two attached hydrogens (primary N) is 1. The lowest BCUT2D eigenvalue weighted by atomic mass is 9.87. The maximum absolute atomic E-state index is 11.7. The third-order valence-electron chi connectivity index (χ3n) is 3.33. The Hall–Kier alpha value is -2.89. The lowest BCUT2D eigenvalue weighted by Crippen LogP contribution is -2.19. The van der Waals surface area contributed by atoms with E-state index in [9.17, 15) is 4.79 Å². The van der Waals surface area contributed by atoms with Crippen molar-refractivity contribution in [1.82, 2.24) is 0 Å². The van der Waals surface area contributed by atoms with Crippen molar-refractivity contribution in [3.63, 3.8) is 0 Å². The van der Waals surface area contributed by atoms with E-state index in [1.165, 1.54) is 5.56 Å². The van der Waals surface area contributed by atoms with Crippen LogP contribution in [0.1, 0.15) is 31.9 Å². The molecule has 0 bridgehead atoms. The molecule has 1 aromatic heterocycles. The van der Waals surface area contributed by atoms with Gasteiger partial charge in [0, 0.05) is 6.07 Å². The van der Waals surface area contributed by atoms with E-state index < -0.39 is 5.97 Å². The molecule has 0 aliphatic rings. The summed E-state index contributed by atoms with van der Waals surface area (Å²) in [5.74, 6) is 0.0713. The fraction of sp³-hybridized carbons (Fsp3) is 0.278. The second-order valence-corrected chi connectivity index (χ2v) is 6.30. The number of nitrogens with zero attached hydrogens (tertiary/aromatic N) is 1. The van der Waals surface area contributed by atoms with Gasteiger partial charge >= 0.3 is 5.97 Å². The Morgan fingerprint density at radius 3 is 2.50 bits per heavy atom. The molecule has 0 amide bonds. The van der Waals surface area contributed by atoms with E-state index >= 15 is 0 Å². The number of oxime groups is 1. The molecule has 2 rings (SSSR count). The number of aromatic amines is 1. The zero-order chi connectivity index (χ0) is 17.6. The second kappa shape index (κ2) is 7.59. The molecule has 3 N–H and O–H groups in total. The Labute approximate surface area is 141 Å². The molecule has 0 unspecified atom stereocenters. The molecule has 126 valence electrons. The van der Waals surface area contributed by atoms with Gasteiger partial charge in [-0.25, -0.2) is 9.78 Å². The van der Waals surface area contributed by atoms with Crippen LogP contribution in [0.4, 0.5) is 0 Å². The lowest BCUT2D eigenvalue weighted by molar-refractivity contribution is -0.378. The lowest BCUT2D eigenvalue weighted by Gasteiger charge is -2.19.